The SMILES string of the molecule is CC(=O)Oc1c(C)cc(NC(=O)C2c3cc(NC(=O)OC(C)(C)C)ccc3CCN2C(=O)OCc2ccccc2)c(C)c1C. The quantitative estimate of drug-likeness (QED) is 0.236. The molecule has 0 spiro atoms. The first-order valence-electron chi connectivity index (χ1n) is 14.4. The summed E-state index contributed by atoms with van der Waals surface area (Å²) in [7, 11) is 0. The minimum absolute atomic E-state index is 0.0483. The molecule has 0 aromatic heterocycles. The van der Waals surface area contributed by atoms with E-state index in [1.54, 1.807) is 45.9 Å². The lowest BCUT2D eigenvalue weighted by atomic mass is 9.91. The van der Waals surface area contributed by atoms with E-state index in [1.807, 2.05) is 50.2 Å². The summed E-state index contributed by atoms with van der Waals surface area (Å²) in [4.78, 5) is 53.2. The molecule has 1 unspecified atom stereocenters. The maximum absolute atomic E-state index is 14.1. The van der Waals surface area contributed by atoms with Crippen LogP contribution >= 0.6 is 0 Å². The Bertz CT molecular complexity index is 1580. The predicted molar refractivity (Wildman–Crippen MR) is 167 cm³/mol. The van der Waals surface area contributed by atoms with Crippen molar-refractivity contribution in [3.63, 3.8) is 0 Å². The van der Waals surface area contributed by atoms with Gasteiger partial charge in [0.15, 0.2) is 0 Å². The maximum Gasteiger partial charge on any atom is 0.412 e. The second-order valence-corrected chi connectivity index (χ2v) is 11.8. The minimum atomic E-state index is -1.06. The fourth-order valence-corrected chi connectivity index (χ4v) is 5.09. The zero-order chi connectivity index (χ0) is 32.2. The molecule has 0 saturated heterocycles. The number of nitrogens with one attached hydrogen (secondary N) is 2. The van der Waals surface area contributed by atoms with Gasteiger partial charge >= 0.3 is 18.2 Å². The standard InChI is InChI=1S/C34H39N3O7/c1-20-17-28(21(2)22(3)30(20)43-23(4)38)36-31(39)29-27-18-26(35-32(40)44-34(5,6)7)14-13-25(27)15-16-37(29)33(41)42-19-24-11-9-8-10-12-24/h8-14,17-18,29H,15-16,19H2,1-7H3,(H,35,40)(H,36,39). The monoisotopic (exact) mass is 601 g/mol. The number of benzene rings is 3. The summed E-state index contributed by atoms with van der Waals surface area (Å²) < 4.78 is 16.4. The van der Waals surface area contributed by atoms with E-state index in [0.717, 1.165) is 16.7 Å². The Kier molecular flexibility index (Phi) is 9.62. The Balaban J connectivity index is 1.68. The minimum Gasteiger partial charge on any atom is -0.445 e. The highest BCUT2D eigenvalue weighted by Gasteiger charge is 2.38. The van der Waals surface area contributed by atoms with Crippen LogP contribution in [0.3, 0.4) is 0 Å². The molecule has 1 aliphatic rings. The first kappa shape index (κ1) is 32.1. The number of carbonyl (C=O) groups is 4. The lowest BCUT2D eigenvalue weighted by molar-refractivity contribution is -0.132. The van der Waals surface area contributed by atoms with Gasteiger partial charge in [0.25, 0.3) is 5.91 Å². The van der Waals surface area contributed by atoms with E-state index in [9.17, 15) is 19.2 Å². The van der Waals surface area contributed by atoms with Crippen LogP contribution in [0.25, 0.3) is 0 Å². The lowest BCUT2D eigenvalue weighted by Gasteiger charge is -2.36. The smallest absolute Gasteiger partial charge is 0.412 e. The first-order chi connectivity index (χ1) is 20.7. The Hall–Kier alpha value is -4.86. The summed E-state index contributed by atoms with van der Waals surface area (Å²) >= 11 is 0. The Morgan fingerprint density at radius 3 is 2.30 bits per heavy atom. The van der Waals surface area contributed by atoms with Crippen LogP contribution in [0.4, 0.5) is 21.0 Å². The average Bonchev–Trinajstić information content (AvgIpc) is 2.95. The number of esters is 1. The predicted octanol–water partition coefficient (Wildman–Crippen LogP) is 6.76. The van der Waals surface area contributed by atoms with Crippen molar-refractivity contribution in [2.24, 2.45) is 0 Å². The molecule has 4 rings (SSSR count). The van der Waals surface area contributed by atoms with Gasteiger partial charge < -0.3 is 19.5 Å². The number of hydrogen-bond acceptors (Lipinski definition) is 7. The number of hydrogen-bond donors (Lipinski definition) is 2. The number of amides is 3. The van der Waals surface area contributed by atoms with Crippen molar-refractivity contribution >= 4 is 35.4 Å². The number of fused-ring (bicyclic) bond motifs is 1. The zero-order valence-corrected chi connectivity index (χ0v) is 26.2. The molecule has 3 aromatic carbocycles. The van der Waals surface area contributed by atoms with Crippen molar-refractivity contribution in [1.82, 2.24) is 4.90 Å². The van der Waals surface area contributed by atoms with Crippen molar-refractivity contribution in [2.45, 2.75) is 73.1 Å². The second kappa shape index (κ2) is 13.2. The van der Waals surface area contributed by atoms with Crippen LogP contribution in [0.1, 0.15) is 67.1 Å². The van der Waals surface area contributed by atoms with E-state index in [2.05, 4.69) is 10.6 Å². The molecule has 10 heteroatoms. The number of ether oxygens (including phenoxy) is 3. The number of anilines is 2. The summed E-state index contributed by atoms with van der Waals surface area (Å²) in [5.41, 5.74) is 4.58. The van der Waals surface area contributed by atoms with E-state index < -0.39 is 35.7 Å². The topological polar surface area (TPSA) is 123 Å². The highest BCUT2D eigenvalue weighted by atomic mass is 16.6. The largest absolute Gasteiger partial charge is 0.445 e. The van der Waals surface area contributed by atoms with Gasteiger partial charge in [-0.05, 0) is 99.5 Å². The third kappa shape index (κ3) is 7.75. The van der Waals surface area contributed by atoms with Crippen LogP contribution in [0.15, 0.2) is 54.6 Å². The highest BCUT2D eigenvalue weighted by Crippen LogP contribution is 2.36. The fraction of sp³-hybridized carbons (Fsp3) is 0.353. The van der Waals surface area contributed by atoms with Crippen LogP contribution in [-0.4, -0.2) is 41.1 Å². The molecule has 0 bridgehead atoms. The van der Waals surface area contributed by atoms with Crippen molar-refractivity contribution in [3.05, 3.63) is 88.0 Å². The molecule has 0 fully saturated rings. The molecular formula is C34H39N3O7. The number of carbonyl (C=O) groups excluding carboxylic acids is 4. The highest BCUT2D eigenvalue weighted by molar-refractivity contribution is 5.99. The molecule has 1 heterocycles. The Morgan fingerprint density at radius 1 is 0.932 bits per heavy atom. The lowest BCUT2D eigenvalue weighted by Crippen LogP contribution is -2.45. The fourth-order valence-electron chi connectivity index (χ4n) is 5.09. The molecule has 1 atom stereocenters. The Labute approximate surface area is 257 Å². The van der Waals surface area contributed by atoms with Gasteiger partial charge in [-0.2, -0.15) is 0 Å². The summed E-state index contributed by atoms with van der Waals surface area (Å²) in [6, 6.07) is 15.2. The van der Waals surface area contributed by atoms with E-state index >= 15 is 0 Å². The average molecular weight is 602 g/mol. The molecule has 3 amide bonds. The van der Waals surface area contributed by atoms with Crippen molar-refractivity contribution < 1.29 is 33.4 Å². The van der Waals surface area contributed by atoms with Crippen molar-refractivity contribution in [1.29, 1.82) is 0 Å². The third-order valence-corrected chi connectivity index (χ3v) is 7.24. The van der Waals surface area contributed by atoms with E-state index in [4.69, 9.17) is 14.2 Å². The third-order valence-electron chi connectivity index (χ3n) is 7.24. The van der Waals surface area contributed by atoms with Crippen molar-refractivity contribution in [2.75, 3.05) is 17.2 Å². The molecule has 10 nitrogen and oxygen atoms in total. The molecular weight excluding hydrogens is 562 g/mol. The van der Waals surface area contributed by atoms with Gasteiger partial charge in [0.1, 0.15) is 24.0 Å². The van der Waals surface area contributed by atoms with Crippen LogP contribution in [0.5, 0.6) is 5.75 Å². The van der Waals surface area contributed by atoms with Gasteiger partial charge in [-0.25, -0.2) is 9.59 Å². The van der Waals surface area contributed by atoms with E-state index in [1.165, 1.54) is 11.8 Å². The molecule has 44 heavy (non-hydrogen) atoms. The number of nitrogens with zero attached hydrogens (tertiary/aromatic N) is 1. The first-order valence-corrected chi connectivity index (χ1v) is 14.4. The summed E-state index contributed by atoms with van der Waals surface area (Å²) in [5.74, 6) is -0.453. The van der Waals surface area contributed by atoms with Gasteiger partial charge in [0.2, 0.25) is 0 Å². The van der Waals surface area contributed by atoms with Crippen molar-refractivity contribution in [3.8, 4) is 5.75 Å². The maximum atomic E-state index is 14.1. The van der Waals surface area contributed by atoms with E-state index in [-0.39, 0.29) is 13.2 Å². The van der Waals surface area contributed by atoms with Crippen LogP contribution in [0, 0.1) is 20.8 Å². The second-order valence-electron chi connectivity index (χ2n) is 11.8. The molecule has 232 valence electrons. The van der Waals surface area contributed by atoms with Gasteiger partial charge in [0.05, 0.1) is 0 Å². The number of aryl methyl sites for hydroxylation is 1. The van der Waals surface area contributed by atoms with Crippen LogP contribution in [-0.2, 0) is 32.1 Å². The molecule has 0 aliphatic carbocycles. The van der Waals surface area contributed by atoms with Gasteiger partial charge in [-0.1, -0.05) is 36.4 Å². The summed E-state index contributed by atoms with van der Waals surface area (Å²) in [5, 5.41) is 5.72. The van der Waals surface area contributed by atoms with Gasteiger partial charge in [0, 0.05) is 24.8 Å². The molecule has 1 aliphatic heterocycles. The zero-order valence-electron chi connectivity index (χ0n) is 26.2. The molecule has 0 saturated carbocycles. The summed E-state index contributed by atoms with van der Waals surface area (Å²) in [6.07, 6.45) is -0.789. The normalized spacial score (nSPS) is 14.2. The Morgan fingerprint density at radius 2 is 1.64 bits per heavy atom. The van der Waals surface area contributed by atoms with Crippen LogP contribution in [0.2, 0.25) is 0 Å². The molecule has 0 radical (unpaired) electrons. The molecule has 2 N–H and O–H groups in total. The summed E-state index contributed by atoms with van der Waals surface area (Å²) in [6.45, 7) is 12.4. The van der Waals surface area contributed by atoms with Crippen LogP contribution < -0.4 is 15.4 Å². The van der Waals surface area contributed by atoms with Gasteiger partial charge in [-0.3, -0.25) is 19.8 Å². The van der Waals surface area contributed by atoms with E-state index in [0.29, 0.717) is 40.2 Å². The van der Waals surface area contributed by atoms with Gasteiger partial charge in [-0.15, -0.1) is 0 Å². The molecule has 3 aromatic rings. The number of rotatable bonds is 6.